The van der Waals surface area contributed by atoms with E-state index in [1.165, 1.54) is 3.97 Å². The zero-order valence-corrected chi connectivity index (χ0v) is 17.3. The normalized spacial score (nSPS) is 17.8. The maximum atomic E-state index is 13.3. The van der Waals surface area contributed by atoms with Crippen molar-refractivity contribution in [2.45, 2.75) is 30.2 Å². The molecule has 2 heterocycles. The van der Waals surface area contributed by atoms with E-state index in [1.807, 2.05) is 18.2 Å². The Morgan fingerprint density at radius 3 is 2.66 bits per heavy atom. The Morgan fingerprint density at radius 1 is 1.14 bits per heavy atom. The third-order valence-corrected chi connectivity index (χ3v) is 7.42. The lowest BCUT2D eigenvalue weighted by atomic mass is 10.1. The van der Waals surface area contributed by atoms with Crippen LogP contribution in [0.15, 0.2) is 59.6 Å². The minimum Gasteiger partial charge on any atom is -0.496 e. The maximum absolute atomic E-state index is 13.3. The van der Waals surface area contributed by atoms with E-state index in [0.717, 1.165) is 36.9 Å². The second-order valence-corrected chi connectivity index (χ2v) is 9.20. The summed E-state index contributed by atoms with van der Waals surface area (Å²) in [6.07, 6.45) is 4.49. The summed E-state index contributed by atoms with van der Waals surface area (Å²) in [5, 5.41) is 10.4. The molecule has 1 fully saturated rings. The number of rotatable bonds is 7. The highest BCUT2D eigenvalue weighted by molar-refractivity contribution is 7.90. The van der Waals surface area contributed by atoms with Gasteiger partial charge in [-0.3, -0.25) is 4.90 Å². The number of aromatic nitrogens is 1. The Hall–Kier alpha value is -2.35. The van der Waals surface area contributed by atoms with Gasteiger partial charge in [-0.2, -0.15) is 0 Å². The van der Waals surface area contributed by atoms with E-state index in [1.54, 1.807) is 43.6 Å². The van der Waals surface area contributed by atoms with Crippen LogP contribution in [0.5, 0.6) is 5.75 Å². The zero-order chi connectivity index (χ0) is 20.4. The fourth-order valence-electron chi connectivity index (χ4n) is 4.23. The van der Waals surface area contributed by atoms with Gasteiger partial charge in [0.2, 0.25) is 0 Å². The van der Waals surface area contributed by atoms with Crippen molar-refractivity contribution < 1.29 is 18.3 Å². The largest absolute Gasteiger partial charge is 0.496 e. The van der Waals surface area contributed by atoms with Crippen LogP contribution in [0.1, 0.15) is 18.4 Å². The molecule has 1 aliphatic rings. The molecule has 1 aromatic heterocycles. The number of aliphatic hydroxyl groups is 1. The van der Waals surface area contributed by atoms with Gasteiger partial charge in [-0.25, -0.2) is 12.4 Å². The number of hydrogen-bond donors (Lipinski definition) is 1. The van der Waals surface area contributed by atoms with Gasteiger partial charge < -0.3 is 9.84 Å². The average Bonchev–Trinajstić information content (AvgIpc) is 3.37. The molecule has 0 radical (unpaired) electrons. The minimum atomic E-state index is -3.71. The van der Waals surface area contributed by atoms with Crippen LogP contribution in [0.3, 0.4) is 0 Å². The van der Waals surface area contributed by atoms with Crippen molar-refractivity contribution in [3.05, 3.63) is 60.3 Å². The highest BCUT2D eigenvalue weighted by Crippen LogP contribution is 2.33. The Labute approximate surface area is 171 Å². The molecular weight excluding hydrogens is 388 g/mol. The van der Waals surface area contributed by atoms with Crippen molar-refractivity contribution in [1.82, 2.24) is 8.87 Å². The summed E-state index contributed by atoms with van der Waals surface area (Å²) < 4.78 is 33.5. The van der Waals surface area contributed by atoms with Gasteiger partial charge in [0.1, 0.15) is 5.75 Å². The van der Waals surface area contributed by atoms with Gasteiger partial charge in [0.25, 0.3) is 10.0 Å². The van der Waals surface area contributed by atoms with Crippen LogP contribution in [0.25, 0.3) is 10.9 Å². The van der Waals surface area contributed by atoms with E-state index in [4.69, 9.17) is 4.74 Å². The lowest BCUT2D eigenvalue weighted by Gasteiger charge is -2.22. The number of benzene rings is 2. The molecule has 2 aromatic carbocycles. The molecule has 1 aliphatic heterocycles. The van der Waals surface area contributed by atoms with Gasteiger partial charge >= 0.3 is 0 Å². The number of aliphatic hydroxyl groups excluding tert-OH is 1. The fourth-order valence-corrected chi connectivity index (χ4v) is 5.63. The number of methoxy groups -OCH3 is 1. The molecule has 0 amide bonds. The van der Waals surface area contributed by atoms with E-state index in [0.29, 0.717) is 17.7 Å². The first-order chi connectivity index (χ1) is 14.1. The molecule has 3 aromatic rings. The topological polar surface area (TPSA) is 71.8 Å². The first kappa shape index (κ1) is 19.9. The van der Waals surface area contributed by atoms with Gasteiger partial charge in [-0.05, 0) is 55.6 Å². The third kappa shape index (κ3) is 3.66. The Balaban J connectivity index is 1.77. The second kappa shape index (κ2) is 8.18. The second-order valence-electron chi connectivity index (χ2n) is 7.39. The van der Waals surface area contributed by atoms with Crippen LogP contribution >= 0.6 is 0 Å². The van der Waals surface area contributed by atoms with E-state index in [-0.39, 0.29) is 17.5 Å². The van der Waals surface area contributed by atoms with Gasteiger partial charge in [-0.15, -0.1) is 0 Å². The Morgan fingerprint density at radius 2 is 1.93 bits per heavy atom. The summed E-state index contributed by atoms with van der Waals surface area (Å²) in [4.78, 5) is 2.54. The van der Waals surface area contributed by atoms with Crippen molar-refractivity contribution in [1.29, 1.82) is 0 Å². The molecule has 1 saturated heterocycles. The molecule has 4 rings (SSSR count). The van der Waals surface area contributed by atoms with Gasteiger partial charge in [-0.1, -0.05) is 24.3 Å². The maximum Gasteiger partial charge on any atom is 0.268 e. The molecule has 29 heavy (non-hydrogen) atoms. The lowest BCUT2D eigenvalue weighted by Crippen LogP contribution is -2.33. The molecule has 0 bridgehead atoms. The van der Waals surface area contributed by atoms with Crippen LogP contribution in [0.2, 0.25) is 0 Å². The fraction of sp³-hybridized carbons (Fsp3) is 0.364. The van der Waals surface area contributed by atoms with Gasteiger partial charge in [0.15, 0.2) is 0 Å². The average molecular weight is 415 g/mol. The van der Waals surface area contributed by atoms with Crippen LogP contribution < -0.4 is 4.74 Å². The van der Waals surface area contributed by atoms with E-state index >= 15 is 0 Å². The smallest absolute Gasteiger partial charge is 0.268 e. The lowest BCUT2D eigenvalue weighted by molar-refractivity contribution is 0.160. The number of fused-ring (bicyclic) bond motifs is 1. The predicted octanol–water partition coefficient (Wildman–Crippen LogP) is 2.89. The minimum absolute atomic E-state index is 0.160. The first-order valence-electron chi connectivity index (χ1n) is 9.88. The summed E-state index contributed by atoms with van der Waals surface area (Å²) in [5.74, 6) is 0.666. The number of likely N-dealkylation sites (tertiary alicyclic amines) is 1. The SMILES string of the molecule is COc1cccc2c1c(CCN1CCCC1CO)cn2S(=O)(=O)c1ccccc1. The molecule has 7 heteroatoms. The van der Waals surface area contributed by atoms with Gasteiger partial charge in [0, 0.05) is 24.2 Å². The standard InChI is InChI=1S/C22H26N2O4S/c1-28-21-11-5-10-20-22(21)17(12-14-23-13-6-7-18(23)16-25)15-24(20)29(26,27)19-8-3-2-4-9-19/h2-5,8-11,15,18,25H,6-7,12-14,16H2,1H3. The number of hydrogen-bond acceptors (Lipinski definition) is 5. The number of nitrogens with zero attached hydrogens (tertiary/aromatic N) is 2. The van der Waals surface area contributed by atoms with E-state index in [2.05, 4.69) is 4.90 Å². The van der Waals surface area contributed by atoms with E-state index in [9.17, 15) is 13.5 Å². The van der Waals surface area contributed by atoms with Crippen LogP contribution in [-0.4, -0.2) is 55.2 Å². The van der Waals surface area contributed by atoms with Crippen LogP contribution in [0.4, 0.5) is 0 Å². The molecule has 1 unspecified atom stereocenters. The molecule has 6 nitrogen and oxygen atoms in total. The van der Waals surface area contributed by atoms with Crippen LogP contribution in [0, 0.1) is 0 Å². The summed E-state index contributed by atoms with van der Waals surface area (Å²) in [6.45, 7) is 1.89. The molecule has 1 atom stereocenters. The highest BCUT2D eigenvalue weighted by atomic mass is 32.2. The summed E-state index contributed by atoms with van der Waals surface area (Å²) >= 11 is 0. The van der Waals surface area contributed by atoms with Crippen molar-refractivity contribution in [3.63, 3.8) is 0 Å². The molecule has 0 aliphatic carbocycles. The molecule has 1 N–H and O–H groups in total. The quantitative estimate of drug-likeness (QED) is 0.644. The monoisotopic (exact) mass is 414 g/mol. The van der Waals surface area contributed by atoms with Crippen molar-refractivity contribution >= 4 is 20.9 Å². The Kier molecular flexibility index (Phi) is 5.63. The molecule has 154 valence electrons. The van der Waals surface area contributed by atoms with E-state index < -0.39 is 10.0 Å². The van der Waals surface area contributed by atoms with Crippen molar-refractivity contribution in [3.8, 4) is 5.75 Å². The summed E-state index contributed by atoms with van der Waals surface area (Å²) in [5.41, 5.74) is 1.55. The number of ether oxygens (including phenoxy) is 1. The summed E-state index contributed by atoms with van der Waals surface area (Å²) in [7, 11) is -2.11. The molecule has 0 saturated carbocycles. The third-order valence-electron chi connectivity index (χ3n) is 5.73. The zero-order valence-electron chi connectivity index (χ0n) is 16.5. The van der Waals surface area contributed by atoms with Crippen molar-refractivity contribution in [2.24, 2.45) is 0 Å². The first-order valence-corrected chi connectivity index (χ1v) is 11.3. The Bertz CT molecular complexity index is 1090. The molecule has 0 spiro atoms. The van der Waals surface area contributed by atoms with Gasteiger partial charge in [0.05, 0.1) is 24.1 Å². The van der Waals surface area contributed by atoms with Crippen molar-refractivity contribution in [2.75, 3.05) is 26.8 Å². The van der Waals surface area contributed by atoms with Crippen LogP contribution in [-0.2, 0) is 16.4 Å². The summed E-state index contributed by atoms with van der Waals surface area (Å²) in [6, 6.07) is 14.1. The molecular formula is C22H26N2O4S. The predicted molar refractivity (Wildman–Crippen MR) is 113 cm³/mol. The highest BCUT2D eigenvalue weighted by Gasteiger charge is 2.26.